The summed E-state index contributed by atoms with van der Waals surface area (Å²) in [5.74, 6) is -0.0176. The Bertz CT molecular complexity index is 856. The van der Waals surface area contributed by atoms with Gasteiger partial charge in [-0.15, -0.1) is 0 Å². The zero-order valence-corrected chi connectivity index (χ0v) is 19.6. The van der Waals surface area contributed by atoms with E-state index in [-0.39, 0.29) is 23.9 Å². The summed E-state index contributed by atoms with van der Waals surface area (Å²) in [5, 5.41) is 3.04. The molecule has 0 aliphatic carbocycles. The van der Waals surface area contributed by atoms with Crippen LogP contribution in [0, 0.1) is 5.41 Å². The molecule has 3 fully saturated rings. The van der Waals surface area contributed by atoms with E-state index in [1.54, 1.807) is 0 Å². The van der Waals surface area contributed by atoms with Gasteiger partial charge >= 0.3 is 6.03 Å². The van der Waals surface area contributed by atoms with Crippen molar-refractivity contribution in [1.29, 1.82) is 0 Å². The number of urea groups is 1. The number of rotatable bonds is 4. The van der Waals surface area contributed by atoms with Crippen LogP contribution in [0.1, 0.15) is 52.0 Å². The standard InChI is InChI=1S/C25H36N4O3/c1-24(2,3)21(30)28-14-7-10-20(18-28)29-22(31)25(26-23(29)32)12-16-27(17-13-25)15-11-19-8-5-4-6-9-19/h4-6,8-9,20H,7,10-18H2,1-3H3,(H,26,32). The molecule has 174 valence electrons. The number of nitrogens with one attached hydrogen (secondary N) is 1. The number of benzene rings is 1. The highest BCUT2D eigenvalue weighted by Crippen LogP contribution is 2.33. The molecule has 1 spiro atoms. The van der Waals surface area contributed by atoms with Crippen molar-refractivity contribution >= 4 is 17.8 Å². The van der Waals surface area contributed by atoms with Gasteiger partial charge in [0.1, 0.15) is 5.54 Å². The molecule has 0 radical (unpaired) electrons. The number of likely N-dealkylation sites (tertiary alicyclic amines) is 2. The summed E-state index contributed by atoms with van der Waals surface area (Å²) in [4.78, 5) is 44.8. The van der Waals surface area contributed by atoms with E-state index in [1.807, 2.05) is 31.7 Å². The Morgan fingerprint density at radius 2 is 1.78 bits per heavy atom. The molecule has 7 heteroatoms. The van der Waals surface area contributed by atoms with Crippen LogP contribution in [0.2, 0.25) is 0 Å². The minimum absolute atomic E-state index is 0.0793. The third-order valence-electron chi connectivity index (χ3n) is 7.15. The molecule has 1 atom stereocenters. The number of nitrogens with zero attached hydrogens (tertiary/aromatic N) is 3. The largest absolute Gasteiger partial charge is 0.340 e. The van der Waals surface area contributed by atoms with Crippen molar-refractivity contribution in [2.75, 3.05) is 32.7 Å². The minimum Gasteiger partial charge on any atom is -0.340 e. The molecule has 1 unspecified atom stereocenters. The van der Waals surface area contributed by atoms with Gasteiger partial charge in [0.2, 0.25) is 5.91 Å². The average molecular weight is 441 g/mol. The van der Waals surface area contributed by atoms with Crippen molar-refractivity contribution in [2.45, 2.75) is 64.5 Å². The molecule has 4 rings (SSSR count). The second-order valence-electron chi connectivity index (χ2n) is 10.6. The van der Waals surface area contributed by atoms with Crippen molar-refractivity contribution in [3.05, 3.63) is 35.9 Å². The van der Waals surface area contributed by atoms with Crippen LogP contribution < -0.4 is 5.32 Å². The van der Waals surface area contributed by atoms with Gasteiger partial charge in [-0.2, -0.15) is 0 Å². The molecule has 0 bridgehead atoms. The van der Waals surface area contributed by atoms with E-state index in [2.05, 4.69) is 34.5 Å². The van der Waals surface area contributed by atoms with Gasteiger partial charge in [-0.3, -0.25) is 14.5 Å². The van der Waals surface area contributed by atoms with E-state index < -0.39 is 11.0 Å². The van der Waals surface area contributed by atoms with Gasteiger partial charge in [0.25, 0.3) is 5.91 Å². The van der Waals surface area contributed by atoms with Gasteiger partial charge in [-0.05, 0) is 37.7 Å². The predicted molar refractivity (Wildman–Crippen MR) is 123 cm³/mol. The van der Waals surface area contributed by atoms with Crippen LogP contribution in [-0.4, -0.2) is 76.8 Å². The smallest absolute Gasteiger partial charge is 0.325 e. The van der Waals surface area contributed by atoms with E-state index in [0.29, 0.717) is 25.9 Å². The van der Waals surface area contributed by atoms with Gasteiger partial charge in [0.15, 0.2) is 0 Å². The average Bonchev–Trinajstić information content (AvgIpc) is 3.02. The second-order valence-corrected chi connectivity index (χ2v) is 10.6. The van der Waals surface area contributed by atoms with Crippen LogP contribution >= 0.6 is 0 Å². The molecule has 32 heavy (non-hydrogen) atoms. The SMILES string of the molecule is CC(C)(C)C(=O)N1CCCC(N2C(=O)NC3(CCN(CCc4ccccc4)CC3)C2=O)C1. The molecule has 1 N–H and O–H groups in total. The summed E-state index contributed by atoms with van der Waals surface area (Å²) in [6.07, 6.45) is 3.83. The zero-order chi connectivity index (χ0) is 22.9. The summed E-state index contributed by atoms with van der Waals surface area (Å²) < 4.78 is 0. The third-order valence-corrected chi connectivity index (χ3v) is 7.15. The fraction of sp³-hybridized carbons (Fsp3) is 0.640. The van der Waals surface area contributed by atoms with Crippen molar-refractivity contribution in [2.24, 2.45) is 5.41 Å². The molecule has 3 aliphatic heterocycles. The second kappa shape index (κ2) is 8.85. The van der Waals surface area contributed by atoms with Gasteiger partial charge in [-0.1, -0.05) is 51.1 Å². The van der Waals surface area contributed by atoms with Crippen LogP contribution in [0.5, 0.6) is 0 Å². The Hall–Kier alpha value is -2.41. The first-order valence-electron chi connectivity index (χ1n) is 11.9. The number of amides is 4. The Kier molecular flexibility index (Phi) is 6.30. The monoisotopic (exact) mass is 440 g/mol. The Morgan fingerprint density at radius 3 is 2.44 bits per heavy atom. The summed E-state index contributed by atoms with van der Waals surface area (Å²) in [6, 6.07) is 9.90. The topological polar surface area (TPSA) is 73.0 Å². The lowest BCUT2D eigenvalue weighted by atomic mass is 9.86. The lowest BCUT2D eigenvalue weighted by Crippen LogP contribution is -2.57. The van der Waals surface area contributed by atoms with E-state index in [0.717, 1.165) is 38.9 Å². The zero-order valence-electron chi connectivity index (χ0n) is 19.6. The third kappa shape index (κ3) is 4.53. The maximum atomic E-state index is 13.5. The van der Waals surface area contributed by atoms with Crippen molar-refractivity contribution in [1.82, 2.24) is 20.0 Å². The Labute approximate surface area is 191 Å². The lowest BCUT2D eigenvalue weighted by Gasteiger charge is -2.40. The quantitative estimate of drug-likeness (QED) is 0.731. The number of hydrogen-bond donors (Lipinski definition) is 1. The van der Waals surface area contributed by atoms with Crippen LogP contribution in [0.3, 0.4) is 0 Å². The molecule has 3 heterocycles. The van der Waals surface area contributed by atoms with E-state index >= 15 is 0 Å². The highest BCUT2D eigenvalue weighted by Gasteiger charge is 2.54. The van der Waals surface area contributed by atoms with E-state index in [1.165, 1.54) is 10.5 Å². The minimum atomic E-state index is -0.781. The fourth-order valence-electron chi connectivity index (χ4n) is 5.23. The van der Waals surface area contributed by atoms with Crippen LogP contribution in [-0.2, 0) is 16.0 Å². The number of carbonyl (C=O) groups is 3. The highest BCUT2D eigenvalue weighted by atomic mass is 16.2. The van der Waals surface area contributed by atoms with Crippen molar-refractivity contribution in [3.8, 4) is 0 Å². The number of imide groups is 1. The molecule has 0 saturated carbocycles. The first-order chi connectivity index (χ1) is 15.2. The van der Waals surface area contributed by atoms with Crippen molar-refractivity contribution in [3.63, 3.8) is 0 Å². The lowest BCUT2D eigenvalue weighted by molar-refractivity contribution is -0.144. The summed E-state index contributed by atoms with van der Waals surface area (Å²) in [7, 11) is 0. The van der Waals surface area contributed by atoms with Crippen LogP contribution in [0.4, 0.5) is 4.79 Å². The van der Waals surface area contributed by atoms with E-state index in [4.69, 9.17) is 0 Å². The molecule has 4 amide bonds. The van der Waals surface area contributed by atoms with Gasteiger partial charge in [-0.25, -0.2) is 4.79 Å². The summed E-state index contributed by atoms with van der Waals surface area (Å²) in [6.45, 7) is 9.41. The normalized spacial score (nSPS) is 24.2. The molecular weight excluding hydrogens is 404 g/mol. The fourth-order valence-corrected chi connectivity index (χ4v) is 5.23. The number of piperidine rings is 2. The summed E-state index contributed by atoms with van der Waals surface area (Å²) >= 11 is 0. The van der Waals surface area contributed by atoms with Gasteiger partial charge in [0, 0.05) is 38.1 Å². The van der Waals surface area contributed by atoms with E-state index in [9.17, 15) is 14.4 Å². The maximum Gasteiger partial charge on any atom is 0.325 e. The summed E-state index contributed by atoms with van der Waals surface area (Å²) in [5.41, 5.74) is 0.0692. The molecule has 1 aromatic rings. The number of hydrogen-bond acceptors (Lipinski definition) is 4. The van der Waals surface area contributed by atoms with Gasteiger partial charge in [0.05, 0.1) is 6.04 Å². The molecular formula is C25H36N4O3. The molecule has 3 aliphatic rings. The van der Waals surface area contributed by atoms with Gasteiger partial charge < -0.3 is 15.1 Å². The highest BCUT2D eigenvalue weighted by molar-refractivity contribution is 6.07. The molecule has 1 aromatic carbocycles. The van der Waals surface area contributed by atoms with Crippen LogP contribution in [0.25, 0.3) is 0 Å². The predicted octanol–water partition coefficient (Wildman–Crippen LogP) is 2.65. The first kappa shape index (κ1) is 22.8. The van der Waals surface area contributed by atoms with Crippen LogP contribution in [0.15, 0.2) is 30.3 Å². The Balaban J connectivity index is 1.36. The first-order valence-corrected chi connectivity index (χ1v) is 11.9. The molecule has 0 aromatic heterocycles. The Morgan fingerprint density at radius 1 is 1.09 bits per heavy atom. The molecule has 7 nitrogen and oxygen atoms in total. The van der Waals surface area contributed by atoms with Crippen molar-refractivity contribution < 1.29 is 14.4 Å². The maximum absolute atomic E-state index is 13.5. The molecule has 3 saturated heterocycles. The number of carbonyl (C=O) groups excluding carboxylic acids is 3.